The van der Waals surface area contributed by atoms with Crippen LogP contribution in [0.25, 0.3) is 0 Å². The van der Waals surface area contributed by atoms with E-state index in [9.17, 15) is 14.9 Å². The number of hydrogen-bond donors (Lipinski definition) is 1. The summed E-state index contributed by atoms with van der Waals surface area (Å²) in [6.45, 7) is 3.79. The summed E-state index contributed by atoms with van der Waals surface area (Å²) in [5, 5.41) is 13.6. The minimum atomic E-state index is -0.638. The number of hydrogen-bond acceptors (Lipinski definition) is 5. The number of pyridine rings is 1. The summed E-state index contributed by atoms with van der Waals surface area (Å²) >= 11 is 0. The highest BCUT2D eigenvalue weighted by Gasteiger charge is 2.17. The average molecular weight is 295 g/mol. The first-order valence-electron chi connectivity index (χ1n) is 7.06. The lowest BCUT2D eigenvalue weighted by Crippen LogP contribution is -2.36. The van der Waals surface area contributed by atoms with E-state index >= 15 is 0 Å². The van der Waals surface area contributed by atoms with Crippen LogP contribution in [0.4, 0.5) is 5.82 Å². The lowest BCUT2D eigenvalue weighted by atomic mass is 10.1. The molecular weight excluding hydrogens is 274 g/mol. The number of nitro groups is 1. The SMILES string of the molecule is CCCCCC(C)NC(=O)COc1cccnc1[N+](=O)[O-]. The Morgan fingerprint density at radius 3 is 2.95 bits per heavy atom. The maximum Gasteiger partial charge on any atom is 0.406 e. The Bertz CT molecular complexity index is 479. The van der Waals surface area contributed by atoms with Gasteiger partial charge in [0.25, 0.3) is 5.91 Å². The number of unbranched alkanes of at least 4 members (excludes halogenated alkanes) is 2. The number of carbonyl (C=O) groups is 1. The normalized spacial score (nSPS) is 11.7. The van der Waals surface area contributed by atoms with E-state index in [4.69, 9.17) is 4.74 Å². The molecule has 0 fully saturated rings. The van der Waals surface area contributed by atoms with Gasteiger partial charge in [0.15, 0.2) is 6.61 Å². The molecule has 1 heterocycles. The van der Waals surface area contributed by atoms with Crippen molar-refractivity contribution in [3.8, 4) is 5.75 Å². The van der Waals surface area contributed by atoms with Crippen LogP contribution in [0.2, 0.25) is 0 Å². The van der Waals surface area contributed by atoms with Crippen molar-refractivity contribution in [3.05, 3.63) is 28.4 Å². The summed E-state index contributed by atoms with van der Waals surface area (Å²) in [5.41, 5.74) is 0. The summed E-state index contributed by atoms with van der Waals surface area (Å²) in [7, 11) is 0. The molecule has 1 aromatic heterocycles. The molecule has 1 atom stereocenters. The summed E-state index contributed by atoms with van der Waals surface area (Å²) in [6, 6.07) is 3.01. The fourth-order valence-electron chi connectivity index (χ4n) is 1.86. The van der Waals surface area contributed by atoms with Gasteiger partial charge in [-0.1, -0.05) is 26.2 Å². The molecule has 0 saturated heterocycles. The molecule has 1 unspecified atom stereocenters. The van der Waals surface area contributed by atoms with Crippen LogP contribution in [0.1, 0.15) is 39.5 Å². The van der Waals surface area contributed by atoms with Gasteiger partial charge < -0.3 is 20.2 Å². The number of ether oxygens (including phenoxy) is 1. The van der Waals surface area contributed by atoms with E-state index < -0.39 is 4.92 Å². The van der Waals surface area contributed by atoms with Crippen LogP contribution in [0.15, 0.2) is 18.3 Å². The summed E-state index contributed by atoms with van der Waals surface area (Å²) < 4.78 is 5.17. The van der Waals surface area contributed by atoms with Crippen LogP contribution in [-0.4, -0.2) is 28.5 Å². The van der Waals surface area contributed by atoms with Crippen molar-refractivity contribution in [3.63, 3.8) is 0 Å². The van der Waals surface area contributed by atoms with Gasteiger partial charge in [0.05, 0.1) is 0 Å². The van der Waals surface area contributed by atoms with Gasteiger partial charge in [-0.25, -0.2) is 0 Å². The second-order valence-electron chi connectivity index (χ2n) is 4.84. The van der Waals surface area contributed by atoms with Crippen LogP contribution >= 0.6 is 0 Å². The second kappa shape index (κ2) is 8.89. The average Bonchev–Trinajstić information content (AvgIpc) is 2.45. The first-order valence-corrected chi connectivity index (χ1v) is 7.06. The summed E-state index contributed by atoms with van der Waals surface area (Å²) in [6.07, 6.45) is 5.55. The van der Waals surface area contributed by atoms with Crippen LogP contribution in [0, 0.1) is 10.1 Å². The highest BCUT2D eigenvalue weighted by molar-refractivity contribution is 5.77. The van der Waals surface area contributed by atoms with Gasteiger partial charge in [-0.15, -0.1) is 0 Å². The monoisotopic (exact) mass is 295 g/mol. The molecule has 0 radical (unpaired) electrons. The molecular formula is C14H21N3O4. The number of aromatic nitrogens is 1. The lowest BCUT2D eigenvalue weighted by Gasteiger charge is -2.13. The second-order valence-corrected chi connectivity index (χ2v) is 4.84. The predicted octanol–water partition coefficient (Wildman–Crippen LogP) is 2.45. The number of rotatable bonds is 9. The zero-order valence-corrected chi connectivity index (χ0v) is 12.4. The lowest BCUT2D eigenvalue weighted by molar-refractivity contribution is -0.390. The van der Waals surface area contributed by atoms with E-state index in [2.05, 4.69) is 17.2 Å². The zero-order valence-electron chi connectivity index (χ0n) is 12.4. The highest BCUT2D eigenvalue weighted by Crippen LogP contribution is 2.22. The topological polar surface area (TPSA) is 94.4 Å². The van der Waals surface area contributed by atoms with Crippen LogP contribution < -0.4 is 10.1 Å². The molecule has 0 aromatic carbocycles. The number of nitrogens with one attached hydrogen (secondary N) is 1. The Labute approximate surface area is 123 Å². The van der Waals surface area contributed by atoms with Crippen LogP contribution in [0.5, 0.6) is 5.75 Å². The minimum Gasteiger partial charge on any atom is -0.476 e. The predicted molar refractivity (Wildman–Crippen MR) is 78.1 cm³/mol. The smallest absolute Gasteiger partial charge is 0.406 e. The molecule has 1 amide bonds. The molecule has 1 aromatic rings. The van der Waals surface area contributed by atoms with Gasteiger partial charge in [0.2, 0.25) is 5.75 Å². The molecule has 7 nitrogen and oxygen atoms in total. The first-order chi connectivity index (χ1) is 10.0. The molecule has 21 heavy (non-hydrogen) atoms. The Balaban J connectivity index is 2.41. The fourth-order valence-corrected chi connectivity index (χ4v) is 1.86. The van der Waals surface area contributed by atoms with Crippen LogP contribution in [-0.2, 0) is 4.79 Å². The Hall–Kier alpha value is -2.18. The molecule has 1 rings (SSSR count). The van der Waals surface area contributed by atoms with Crippen molar-refractivity contribution >= 4 is 11.7 Å². The number of nitrogens with zero attached hydrogens (tertiary/aromatic N) is 2. The van der Waals surface area contributed by atoms with E-state index in [-0.39, 0.29) is 30.1 Å². The molecule has 1 N–H and O–H groups in total. The van der Waals surface area contributed by atoms with Crippen molar-refractivity contribution in [2.45, 2.75) is 45.6 Å². The van der Waals surface area contributed by atoms with E-state index in [0.717, 1.165) is 25.7 Å². The van der Waals surface area contributed by atoms with E-state index in [1.165, 1.54) is 18.3 Å². The van der Waals surface area contributed by atoms with Crippen molar-refractivity contribution < 1.29 is 14.5 Å². The van der Waals surface area contributed by atoms with E-state index in [1.54, 1.807) is 0 Å². The van der Waals surface area contributed by atoms with E-state index in [1.807, 2.05) is 6.92 Å². The minimum absolute atomic E-state index is 0.00344. The van der Waals surface area contributed by atoms with Crippen molar-refractivity contribution in [2.75, 3.05) is 6.61 Å². The van der Waals surface area contributed by atoms with Gasteiger partial charge in [0.1, 0.15) is 6.20 Å². The first kappa shape index (κ1) is 16.9. The highest BCUT2D eigenvalue weighted by atomic mass is 16.6. The Morgan fingerprint density at radius 1 is 1.52 bits per heavy atom. The third-order valence-corrected chi connectivity index (χ3v) is 2.93. The van der Waals surface area contributed by atoms with Gasteiger partial charge in [-0.2, -0.15) is 0 Å². The van der Waals surface area contributed by atoms with Crippen molar-refractivity contribution in [1.82, 2.24) is 10.3 Å². The molecule has 0 aliphatic carbocycles. The Kier molecular flexibility index (Phi) is 7.14. The maximum atomic E-state index is 11.7. The third-order valence-electron chi connectivity index (χ3n) is 2.93. The van der Waals surface area contributed by atoms with Crippen LogP contribution in [0.3, 0.4) is 0 Å². The zero-order chi connectivity index (χ0) is 15.7. The molecule has 0 aliphatic heterocycles. The number of amides is 1. The summed E-state index contributed by atoms with van der Waals surface area (Å²) in [4.78, 5) is 25.4. The molecule has 0 aliphatic rings. The quantitative estimate of drug-likeness (QED) is 0.429. The van der Waals surface area contributed by atoms with Gasteiger partial charge in [-0.05, 0) is 35.4 Å². The molecule has 0 saturated carbocycles. The van der Waals surface area contributed by atoms with Crippen molar-refractivity contribution in [2.24, 2.45) is 0 Å². The number of carbonyl (C=O) groups excluding carboxylic acids is 1. The fraction of sp³-hybridized carbons (Fsp3) is 0.571. The third kappa shape index (κ3) is 6.20. The standard InChI is InChI=1S/C14H21N3O4/c1-3-4-5-7-11(2)16-13(18)10-21-12-8-6-9-15-14(12)17(19)20/h6,8-9,11H,3-5,7,10H2,1-2H3,(H,16,18). The van der Waals surface area contributed by atoms with Gasteiger partial charge in [0, 0.05) is 6.04 Å². The van der Waals surface area contributed by atoms with E-state index in [0.29, 0.717) is 0 Å². The summed E-state index contributed by atoms with van der Waals surface area (Å²) in [5.74, 6) is -0.685. The largest absolute Gasteiger partial charge is 0.476 e. The maximum absolute atomic E-state index is 11.7. The molecule has 0 spiro atoms. The van der Waals surface area contributed by atoms with Gasteiger partial charge >= 0.3 is 5.82 Å². The van der Waals surface area contributed by atoms with Crippen molar-refractivity contribution in [1.29, 1.82) is 0 Å². The van der Waals surface area contributed by atoms with Gasteiger partial charge in [-0.3, -0.25) is 4.79 Å². The Morgan fingerprint density at radius 2 is 2.29 bits per heavy atom. The molecule has 116 valence electrons. The molecule has 7 heteroatoms. The molecule has 0 bridgehead atoms.